The Morgan fingerprint density at radius 2 is 2.05 bits per heavy atom. The van der Waals surface area contributed by atoms with Crippen molar-refractivity contribution < 1.29 is 41.9 Å². The van der Waals surface area contributed by atoms with Crippen LogP contribution in [-0.4, -0.2) is 15.5 Å². The smallest absolute Gasteiger partial charge is 0.550 e. The molecule has 8 heteroatoms. The molecule has 0 saturated carbocycles. The molecule has 19 heavy (non-hydrogen) atoms. The number of carboxylic acid groups (broad SMARTS) is 1. The minimum Gasteiger partial charge on any atom is -0.550 e. The molecule has 2 aromatic rings. The van der Waals surface area contributed by atoms with Crippen LogP contribution in [0.4, 0.5) is 13.2 Å². The number of hydrogen-bond acceptors (Lipinski definition) is 3. The monoisotopic (exact) mass is 264 g/mol. The van der Waals surface area contributed by atoms with Gasteiger partial charge in [0.05, 0.1) is 11.1 Å². The maximum absolute atomic E-state index is 12.7. The molecule has 0 aliphatic rings. The van der Waals surface area contributed by atoms with Crippen molar-refractivity contribution >= 4 is 17.0 Å². The van der Waals surface area contributed by atoms with Gasteiger partial charge in [-0.05, 0) is 12.1 Å². The standard InChI is InChI=1S/C11H9F3N2O2.Li/c1-16-7-4-2-3-6(11(12,13)14)10(7)15-8(16)5-9(17)18;/h2-4H,5H2,1H3,(H,17,18);/q;+1/p-1. The van der Waals surface area contributed by atoms with E-state index in [0.717, 1.165) is 6.07 Å². The molecule has 0 amide bonds. The van der Waals surface area contributed by atoms with E-state index in [1.807, 2.05) is 0 Å². The normalized spacial score (nSPS) is 11.4. The molecule has 2 rings (SSSR count). The van der Waals surface area contributed by atoms with Crippen LogP contribution in [0.5, 0.6) is 0 Å². The Balaban J connectivity index is 0.00000180. The quantitative estimate of drug-likeness (QED) is 0.583. The van der Waals surface area contributed by atoms with E-state index in [-0.39, 0.29) is 35.7 Å². The zero-order valence-electron chi connectivity index (χ0n) is 10.3. The van der Waals surface area contributed by atoms with Gasteiger partial charge in [0.15, 0.2) is 0 Å². The molecule has 0 saturated heterocycles. The van der Waals surface area contributed by atoms with E-state index >= 15 is 0 Å². The molecule has 1 aromatic heterocycles. The molecule has 4 nitrogen and oxygen atoms in total. The third kappa shape index (κ3) is 2.93. The Kier molecular flexibility index (Phi) is 4.33. The molecule has 0 N–H and O–H groups in total. The number of para-hydroxylation sites is 1. The molecule has 0 spiro atoms. The number of aryl methyl sites for hydroxylation is 1. The number of nitrogens with zero attached hydrogens (tertiary/aromatic N) is 2. The van der Waals surface area contributed by atoms with Gasteiger partial charge in [-0.1, -0.05) is 6.07 Å². The summed E-state index contributed by atoms with van der Waals surface area (Å²) in [7, 11) is 1.47. The second-order valence-corrected chi connectivity index (χ2v) is 3.81. The average Bonchev–Trinajstić information content (AvgIpc) is 2.54. The minimum absolute atomic E-state index is 0. The van der Waals surface area contributed by atoms with Gasteiger partial charge in [-0.15, -0.1) is 0 Å². The van der Waals surface area contributed by atoms with Gasteiger partial charge in [-0.2, -0.15) is 13.2 Å². The van der Waals surface area contributed by atoms with Gasteiger partial charge in [-0.3, -0.25) is 0 Å². The van der Waals surface area contributed by atoms with Crippen LogP contribution in [0.3, 0.4) is 0 Å². The van der Waals surface area contributed by atoms with E-state index in [4.69, 9.17) is 0 Å². The molecular formula is C11H8F3LiN2O2. The summed E-state index contributed by atoms with van der Waals surface area (Å²) in [5, 5.41) is 10.5. The number of carbonyl (C=O) groups is 1. The van der Waals surface area contributed by atoms with Gasteiger partial charge in [0.25, 0.3) is 0 Å². The fourth-order valence-corrected chi connectivity index (χ4v) is 1.78. The Morgan fingerprint density at radius 3 is 2.58 bits per heavy atom. The molecule has 1 heterocycles. The van der Waals surface area contributed by atoms with Gasteiger partial charge in [0, 0.05) is 19.4 Å². The number of fused-ring (bicyclic) bond motifs is 1. The molecule has 0 bridgehead atoms. The molecule has 1 aromatic carbocycles. The van der Waals surface area contributed by atoms with Crippen LogP contribution in [0.1, 0.15) is 11.4 Å². The summed E-state index contributed by atoms with van der Waals surface area (Å²) in [6.07, 6.45) is -5.05. The first kappa shape index (κ1) is 15.6. The first-order chi connectivity index (χ1) is 8.30. The van der Waals surface area contributed by atoms with Gasteiger partial charge >= 0.3 is 25.0 Å². The predicted octanol–water partition coefficient (Wildman–Crippen LogP) is -2.11. The number of hydrogen-bond donors (Lipinski definition) is 0. The van der Waals surface area contributed by atoms with Crippen LogP contribution in [0.25, 0.3) is 11.0 Å². The number of imidazole rings is 1. The Hall–Kier alpha value is -1.45. The molecule has 0 aliphatic carbocycles. The van der Waals surface area contributed by atoms with Crippen molar-refractivity contribution in [1.82, 2.24) is 9.55 Å². The maximum Gasteiger partial charge on any atom is 1.00 e. The Morgan fingerprint density at radius 1 is 1.42 bits per heavy atom. The summed E-state index contributed by atoms with van der Waals surface area (Å²) in [5.74, 6) is -1.36. The zero-order chi connectivity index (χ0) is 13.5. The SMILES string of the molecule is Cn1c(CC(=O)[O-])nc2c(C(F)(F)F)cccc21.[Li+]. The van der Waals surface area contributed by atoms with E-state index in [1.54, 1.807) is 0 Å². The fourth-order valence-electron chi connectivity index (χ4n) is 1.78. The van der Waals surface area contributed by atoms with E-state index in [0.29, 0.717) is 0 Å². The number of rotatable bonds is 2. The fraction of sp³-hybridized carbons (Fsp3) is 0.273. The van der Waals surface area contributed by atoms with Crippen molar-refractivity contribution in [1.29, 1.82) is 0 Å². The van der Waals surface area contributed by atoms with E-state index in [2.05, 4.69) is 4.98 Å². The summed E-state index contributed by atoms with van der Waals surface area (Å²) in [4.78, 5) is 14.2. The van der Waals surface area contributed by atoms with Crippen molar-refractivity contribution in [2.24, 2.45) is 7.05 Å². The number of aliphatic carboxylic acids is 1. The van der Waals surface area contributed by atoms with E-state index < -0.39 is 24.1 Å². The first-order valence-electron chi connectivity index (χ1n) is 5.02. The Labute approximate surface area is 118 Å². The van der Waals surface area contributed by atoms with Crippen LogP contribution in [0.2, 0.25) is 0 Å². The summed E-state index contributed by atoms with van der Waals surface area (Å²) < 4.78 is 39.5. The number of benzene rings is 1. The van der Waals surface area contributed by atoms with Gasteiger partial charge in [0.2, 0.25) is 0 Å². The summed E-state index contributed by atoms with van der Waals surface area (Å²) in [6.45, 7) is 0. The summed E-state index contributed by atoms with van der Waals surface area (Å²) >= 11 is 0. The number of halogens is 3. The van der Waals surface area contributed by atoms with Crippen LogP contribution >= 0.6 is 0 Å². The number of aromatic nitrogens is 2. The van der Waals surface area contributed by atoms with E-state index in [9.17, 15) is 23.1 Å². The summed E-state index contributed by atoms with van der Waals surface area (Å²) in [6, 6.07) is 3.63. The molecule has 96 valence electrons. The number of carboxylic acids is 1. The second-order valence-electron chi connectivity index (χ2n) is 3.81. The van der Waals surface area contributed by atoms with Crippen molar-refractivity contribution in [3.63, 3.8) is 0 Å². The zero-order valence-corrected chi connectivity index (χ0v) is 10.3. The number of carbonyl (C=O) groups excluding carboxylic acids is 1. The minimum atomic E-state index is -4.52. The van der Waals surface area contributed by atoms with Crippen LogP contribution in [0, 0.1) is 0 Å². The van der Waals surface area contributed by atoms with Crippen molar-refractivity contribution in [3.8, 4) is 0 Å². The predicted molar refractivity (Wildman–Crippen MR) is 54.4 cm³/mol. The van der Waals surface area contributed by atoms with Crippen LogP contribution in [0.15, 0.2) is 18.2 Å². The molecule has 0 unspecified atom stereocenters. The van der Waals surface area contributed by atoms with Gasteiger partial charge in [0.1, 0.15) is 11.3 Å². The van der Waals surface area contributed by atoms with Crippen molar-refractivity contribution in [3.05, 3.63) is 29.6 Å². The van der Waals surface area contributed by atoms with Gasteiger partial charge < -0.3 is 14.5 Å². The maximum atomic E-state index is 12.7. The third-order valence-electron chi connectivity index (χ3n) is 2.61. The summed E-state index contributed by atoms with van der Waals surface area (Å²) in [5.41, 5.74) is -0.884. The van der Waals surface area contributed by atoms with Crippen molar-refractivity contribution in [2.75, 3.05) is 0 Å². The Bertz CT molecular complexity index is 622. The molecule has 0 radical (unpaired) electrons. The average molecular weight is 264 g/mol. The topological polar surface area (TPSA) is 58.0 Å². The van der Waals surface area contributed by atoms with E-state index in [1.165, 1.54) is 23.7 Å². The molecule has 0 atom stereocenters. The number of alkyl halides is 3. The largest absolute Gasteiger partial charge is 1.00 e. The molecule has 0 aliphatic heterocycles. The third-order valence-corrected chi connectivity index (χ3v) is 2.61. The van der Waals surface area contributed by atoms with Crippen LogP contribution in [-0.2, 0) is 24.4 Å². The second kappa shape index (κ2) is 5.27. The first-order valence-corrected chi connectivity index (χ1v) is 5.02. The van der Waals surface area contributed by atoms with Crippen molar-refractivity contribution in [2.45, 2.75) is 12.6 Å². The van der Waals surface area contributed by atoms with Gasteiger partial charge in [-0.25, -0.2) is 4.98 Å². The molecule has 0 fully saturated rings. The molecular weight excluding hydrogens is 256 g/mol. The van der Waals surface area contributed by atoms with Crippen LogP contribution < -0.4 is 24.0 Å².